The first-order valence-corrected chi connectivity index (χ1v) is 8.61. The Morgan fingerprint density at radius 3 is 2.60 bits per heavy atom. The molecule has 25 heavy (non-hydrogen) atoms. The van der Waals surface area contributed by atoms with E-state index in [0.29, 0.717) is 47.8 Å². The van der Waals surface area contributed by atoms with E-state index in [-0.39, 0.29) is 12.5 Å². The molecule has 0 saturated carbocycles. The Bertz CT molecular complexity index is 765. The standard InChI is InChI=1S/C17H18Cl2N3O3/c18-13-4-5-15(14(19)11-13)25-12-17(23)21-9-7-20(8-10-21)16-3-1-2-6-22(16)24/h1-6,11,24H,7-10,12H2/q+1. The topological polar surface area (TPSA) is 56.9 Å². The Labute approximate surface area is 155 Å². The number of hydrogen-bond acceptors (Lipinski definition) is 4. The van der Waals surface area contributed by atoms with Gasteiger partial charge >= 0.3 is 5.82 Å². The third-order valence-electron chi connectivity index (χ3n) is 4.02. The Kier molecular flexibility index (Phi) is 5.50. The molecule has 0 spiro atoms. The summed E-state index contributed by atoms with van der Waals surface area (Å²) in [6, 6.07) is 10.3. The van der Waals surface area contributed by atoms with Crippen LogP contribution in [0, 0.1) is 0 Å². The highest BCUT2D eigenvalue weighted by atomic mass is 35.5. The highest BCUT2D eigenvalue weighted by molar-refractivity contribution is 6.35. The molecule has 0 bridgehead atoms. The zero-order valence-corrected chi connectivity index (χ0v) is 15.0. The molecular formula is C17H18Cl2N3O3+. The van der Waals surface area contributed by atoms with E-state index < -0.39 is 0 Å². The molecule has 0 aliphatic carbocycles. The number of halogens is 2. The summed E-state index contributed by atoms with van der Waals surface area (Å²) in [4.78, 5) is 16.1. The van der Waals surface area contributed by atoms with Crippen LogP contribution < -0.4 is 14.4 Å². The predicted octanol–water partition coefficient (Wildman–Crippen LogP) is 2.25. The Balaban J connectivity index is 1.52. The van der Waals surface area contributed by atoms with Crippen molar-refractivity contribution in [3.05, 3.63) is 52.6 Å². The second-order valence-electron chi connectivity index (χ2n) is 5.63. The van der Waals surface area contributed by atoms with Crippen LogP contribution in [-0.4, -0.2) is 48.8 Å². The van der Waals surface area contributed by atoms with Crippen LogP contribution in [0.1, 0.15) is 0 Å². The van der Waals surface area contributed by atoms with E-state index in [4.69, 9.17) is 27.9 Å². The maximum Gasteiger partial charge on any atom is 0.316 e. The van der Waals surface area contributed by atoms with Gasteiger partial charge in [-0.2, -0.15) is 0 Å². The molecule has 1 aliphatic rings. The first-order valence-electron chi connectivity index (χ1n) is 7.85. The number of aromatic nitrogens is 1. The van der Waals surface area contributed by atoms with Crippen LogP contribution in [0.4, 0.5) is 5.82 Å². The summed E-state index contributed by atoms with van der Waals surface area (Å²) < 4.78 is 6.58. The predicted molar refractivity (Wildman–Crippen MR) is 94.6 cm³/mol. The lowest BCUT2D eigenvalue weighted by Gasteiger charge is -2.31. The molecular weight excluding hydrogens is 365 g/mol. The monoisotopic (exact) mass is 382 g/mol. The van der Waals surface area contributed by atoms with Crippen LogP contribution in [0.15, 0.2) is 42.6 Å². The van der Waals surface area contributed by atoms with Crippen LogP contribution in [-0.2, 0) is 4.79 Å². The van der Waals surface area contributed by atoms with Gasteiger partial charge in [-0.25, -0.2) is 0 Å². The SMILES string of the molecule is O=C(COc1ccc(Cl)cc1Cl)N1CCN(c2cccc[n+]2O)CC1. The van der Waals surface area contributed by atoms with E-state index in [0.717, 1.165) is 4.73 Å². The summed E-state index contributed by atoms with van der Waals surface area (Å²) in [6.07, 6.45) is 1.58. The van der Waals surface area contributed by atoms with Crippen LogP contribution in [0.2, 0.25) is 10.0 Å². The highest BCUT2D eigenvalue weighted by Gasteiger charge is 2.28. The molecule has 6 nitrogen and oxygen atoms in total. The van der Waals surface area contributed by atoms with Crippen molar-refractivity contribution in [1.82, 2.24) is 4.90 Å². The number of anilines is 1. The average molecular weight is 383 g/mol. The number of pyridine rings is 1. The van der Waals surface area contributed by atoms with Gasteiger partial charge in [-0.3, -0.25) is 9.69 Å². The van der Waals surface area contributed by atoms with Gasteiger partial charge < -0.3 is 14.8 Å². The highest BCUT2D eigenvalue weighted by Crippen LogP contribution is 2.27. The molecule has 1 fully saturated rings. The zero-order chi connectivity index (χ0) is 17.8. The molecule has 0 atom stereocenters. The number of piperazine rings is 1. The van der Waals surface area contributed by atoms with Crippen molar-refractivity contribution in [1.29, 1.82) is 0 Å². The molecule has 1 amide bonds. The third-order valence-corrected chi connectivity index (χ3v) is 4.55. The number of benzene rings is 1. The number of nitrogens with zero attached hydrogens (tertiary/aromatic N) is 3. The van der Waals surface area contributed by atoms with Crippen LogP contribution in [0.3, 0.4) is 0 Å². The molecule has 0 unspecified atom stereocenters. The van der Waals surface area contributed by atoms with Gasteiger partial charge in [0.05, 0.1) is 18.1 Å². The van der Waals surface area contributed by atoms with Crippen LogP contribution in [0.25, 0.3) is 0 Å². The Morgan fingerprint density at radius 1 is 1.16 bits per heavy atom. The number of carbonyl (C=O) groups excluding carboxylic acids is 1. The smallest absolute Gasteiger partial charge is 0.316 e. The number of ether oxygens (including phenoxy) is 1. The van der Waals surface area contributed by atoms with Crippen LogP contribution >= 0.6 is 23.2 Å². The second kappa shape index (κ2) is 7.80. The fourth-order valence-electron chi connectivity index (χ4n) is 2.68. The van der Waals surface area contributed by atoms with Gasteiger partial charge in [0.15, 0.2) is 6.61 Å². The summed E-state index contributed by atoms with van der Waals surface area (Å²) in [5.41, 5.74) is 0. The lowest BCUT2D eigenvalue weighted by atomic mass is 10.3. The molecule has 2 aromatic rings. The minimum Gasteiger partial charge on any atom is -0.482 e. The van der Waals surface area contributed by atoms with E-state index in [2.05, 4.69) is 0 Å². The van der Waals surface area contributed by atoms with Gasteiger partial charge in [-0.15, -0.1) is 0 Å². The van der Waals surface area contributed by atoms with Crippen molar-refractivity contribution in [2.24, 2.45) is 0 Å². The van der Waals surface area contributed by atoms with Crippen molar-refractivity contribution in [3.63, 3.8) is 0 Å². The minimum absolute atomic E-state index is 0.0767. The lowest BCUT2D eigenvalue weighted by molar-refractivity contribution is -0.894. The summed E-state index contributed by atoms with van der Waals surface area (Å²) in [5, 5.41) is 10.7. The van der Waals surface area contributed by atoms with Crippen LogP contribution in [0.5, 0.6) is 5.75 Å². The molecule has 2 heterocycles. The molecule has 1 aromatic heterocycles. The fourth-order valence-corrected chi connectivity index (χ4v) is 3.15. The summed E-state index contributed by atoms with van der Waals surface area (Å²) in [7, 11) is 0. The zero-order valence-electron chi connectivity index (χ0n) is 13.4. The summed E-state index contributed by atoms with van der Waals surface area (Å²) in [5.74, 6) is 1.04. The van der Waals surface area contributed by atoms with Crippen molar-refractivity contribution >= 4 is 34.9 Å². The largest absolute Gasteiger partial charge is 0.482 e. The summed E-state index contributed by atoms with van der Waals surface area (Å²) >= 11 is 11.9. The average Bonchev–Trinajstić information content (AvgIpc) is 2.61. The van der Waals surface area contributed by atoms with Crippen molar-refractivity contribution in [3.8, 4) is 5.75 Å². The molecule has 3 rings (SSSR count). The van der Waals surface area contributed by atoms with Gasteiger partial charge in [0.25, 0.3) is 5.91 Å². The first kappa shape index (κ1) is 17.6. The van der Waals surface area contributed by atoms with E-state index in [1.807, 2.05) is 17.0 Å². The maximum absolute atomic E-state index is 12.3. The maximum atomic E-state index is 12.3. The third kappa shape index (κ3) is 4.27. The van der Waals surface area contributed by atoms with Gasteiger partial charge in [0.2, 0.25) is 0 Å². The number of carbonyl (C=O) groups is 1. The molecule has 132 valence electrons. The van der Waals surface area contributed by atoms with E-state index in [1.54, 1.807) is 35.4 Å². The van der Waals surface area contributed by atoms with Crippen molar-refractivity contribution in [2.45, 2.75) is 0 Å². The van der Waals surface area contributed by atoms with E-state index >= 15 is 0 Å². The molecule has 1 aromatic carbocycles. The normalized spacial score (nSPS) is 14.5. The van der Waals surface area contributed by atoms with Crippen molar-refractivity contribution < 1.29 is 19.5 Å². The number of rotatable bonds is 4. The second-order valence-corrected chi connectivity index (χ2v) is 6.48. The van der Waals surface area contributed by atoms with Crippen molar-refractivity contribution in [2.75, 3.05) is 37.7 Å². The minimum atomic E-state index is -0.101. The van der Waals surface area contributed by atoms with Gasteiger partial charge in [-0.05, 0) is 24.3 Å². The quantitative estimate of drug-likeness (QED) is 0.650. The lowest BCUT2D eigenvalue weighted by Crippen LogP contribution is -2.53. The molecule has 1 N–H and O–H groups in total. The summed E-state index contributed by atoms with van der Waals surface area (Å²) in [6.45, 7) is 2.32. The van der Waals surface area contributed by atoms with Gasteiger partial charge in [0, 0.05) is 11.1 Å². The van der Waals surface area contributed by atoms with E-state index in [9.17, 15) is 10.0 Å². The molecule has 1 saturated heterocycles. The number of amides is 1. The van der Waals surface area contributed by atoms with E-state index in [1.165, 1.54) is 0 Å². The fraction of sp³-hybridized carbons (Fsp3) is 0.294. The Hall–Kier alpha value is -2.18. The molecule has 0 radical (unpaired) electrons. The molecule has 1 aliphatic heterocycles. The Morgan fingerprint density at radius 2 is 1.92 bits per heavy atom. The van der Waals surface area contributed by atoms with Gasteiger partial charge in [0.1, 0.15) is 25.0 Å². The first-order chi connectivity index (χ1) is 12.0. The number of hydrogen-bond donors (Lipinski definition) is 1. The molecule has 8 heteroatoms. The van der Waals surface area contributed by atoms with Gasteiger partial charge in [-0.1, -0.05) is 34.0 Å².